The van der Waals surface area contributed by atoms with Crippen LogP contribution in [-0.4, -0.2) is 28.6 Å². The minimum absolute atomic E-state index is 0.0302. The van der Waals surface area contributed by atoms with Crippen LogP contribution >= 0.6 is 11.5 Å². The molecular formula is C16H14FN3OS. The van der Waals surface area contributed by atoms with Gasteiger partial charge in [-0.05, 0) is 35.8 Å². The fraction of sp³-hybridized carbons (Fsp3) is 0.250. The van der Waals surface area contributed by atoms with Crippen molar-refractivity contribution in [1.82, 2.24) is 9.36 Å². The molecule has 0 spiro atoms. The summed E-state index contributed by atoms with van der Waals surface area (Å²) in [6, 6.07) is 10.5. The van der Waals surface area contributed by atoms with Gasteiger partial charge in [-0.3, -0.25) is 4.98 Å². The van der Waals surface area contributed by atoms with E-state index >= 15 is 0 Å². The molecule has 1 fully saturated rings. The van der Waals surface area contributed by atoms with Gasteiger partial charge in [0.05, 0.1) is 11.2 Å². The van der Waals surface area contributed by atoms with Crippen LogP contribution < -0.4 is 9.64 Å². The van der Waals surface area contributed by atoms with Gasteiger partial charge in [0.15, 0.2) is 17.4 Å². The monoisotopic (exact) mass is 315 g/mol. The minimum atomic E-state index is -0.318. The molecule has 112 valence electrons. The van der Waals surface area contributed by atoms with Crippen molar-refractivity contribution in [3.8, 4) is 5.75 Å². The van der Waals surface area contributed by atoms with Gasteiger partial charge in [-0.25, -0.2) is 4.39 Å². The Labute approximate surface area is 131 Å². The molecule has 1 aliphatic rings. The van der Waals surface area contributed by atoms with E-state index in [1.54, 1.807) is 24.4 Å². The van der Waals surface area contributed by atoms with E-state index in [2.05, 4.69) is 14.3 Å². The van der Waals surface area contributed by atoms with Gasteiger partial charge in [-0.15, -0.1) is 0 Å². The average molecular weight is 315 g/mol. The lowest BCUT2D eigenvalue weighted by Crippen LogP contribution is -2.25. The number of hydrogen-bond acceptors (Lipinski definition) is 5. The van der Waals surface area contributed by atoms with Gasteiger partial charge in [0.25, 0.3) is 0 Å². The molecule has 4 rings (SSSR count). The smallest absolute Gasteiger partial charge is 0.169 e. The molecule has 0 saturated carbocycles. The average Bonchev–Trinajstić information content (AvgIpc) is 3.16. The van der Waals surface area contributed by atoms with E-state index in [1.165, 1.54) is 17.6 Å². The lowest BCUT2D eigenvalue weighted by molar-refractivity contribution is 0.215. The van der Waals surface area contributed by atoms with Crippen molar-refractivity contribution in [3.05, 3.63) is 48.4 Å². The zero-order chi connectivity index (χ0) is 14.9. The minimum Gasteiger partial charge on any atom is -0.485 e. The van der Waals surface area contributed by atoms with Gasteiger partial charge in [0, 0.05) is 19.2 Å². The second kappa shape index (κ2) is 5.53. The first-order chi connectivity index (χ1) is 10.8. The zero-order valence-electron chi connectivity index (χ0n) is 11.8. The third-order valence-corrected chi connectivity index (χ3v) is 4.58. The molecule has 0 radical (unpaired) electrons. The van der Waals surface area contributed by atoms with E-state index < -0.39 is 0 Å². The molecule has 2 aromatic heterocycles. The summed E-state index contributed by atoms with van der Waals surface area (Å²) in [5, 5.41) is 0. The summed E-state index contributed by atoms with van der Waals surface area (Å²) in [4.78, 5) is 6.58. The maximum absolute atomic E-state index is 13.7. The number of para-hydroxylation sites is 1. The van der Waals surface area contributed by atoms with Crippen molar-refractivity contribution in [2.75, 3.05) is 18.0 Å². The molecule has 0 aliphatic carbocycles. The Morgan fingerprint density at radius 2 is 2.14 bits per heavy atom. The molecule has 0 bridgehead atoms. The van der Waals surface area contributed by atoms with E-state index in [4.69, 9.17) is 4.74 Å². The molecule has 3 heterocycles. The fourth-order valence-electron chi connectivity index (χ4n) is 2.71. The number of pyridine rings is 1. The first-order valence-electron chi connectivity index (χ1n) is 7.18. The Hall–Kier alpha value is -2.21. The summed E-state index contributed by atoms with van der Waals surface area (Å²) < 4.78 is 25.0. The highest BCUT2D eigenvalue weighted by Crippen LogP contribution is 2.30. The lowest BCUT2D eigenvalue weighted by Gasteiger charge is -2.17. The standard InChI is InChI=1S/C16H14FN3OS/c17-12-4-1-2-5-13(12)21-11-7-9-20(10-11)16-15-14(22-19-16)6-3-8-18-15/h1-6,8,11H,7,9-10H2. The van der Waals surface area contributed by atoms with Gasteiger partial charge in [0.1, 0.15) is 11.6 Å². The number of ether oxygens (including phenoxy) is 1. The quantitative estimate of drug-likeness (QED) is 0.741. The number of anilines is 1. The Kier molecular flexibility index (Phi) is 3.38. The number of halogens is 1. The van der Waals surface area contributed by atoms with Gasteiger partial charge >= 0.3 is 0 Å². The third kappa shape index (κ3) is 2.39. The fourth-order valence-corrected chi connectivity index (χ4v) is 3.47. The summed E-state index contributed by atoms with van der Waals surface area (Å²) in [5.74, 6) is 0.901. The second-order valence-electron chi connectivity index (χ2n) is 5.26. The number of aromatic nitrogens is 2. The van der Waals surface area contributed by atoms with E-state index in [0.717, 1.165) is 29.0 Å². The van der Waals surface area contributed by atoms with Crippen LogP contribution in [0.25, 0.3) is 10.2 Å². The number of nitrogens with zero attached hydrogens (tertiary/aromatic N) is 3. The van der Waals surface area contributed by atoms with Crippen LogP contribution in [0, 0.1) is 5.82 Å². The Morgan fingerprint density at radius 3 is 3.05 bits per heavy atom. The topological polar surface area (TPSA) is 38.2 Å². The predicted molar refractivity (Wildman–Crippen MR) is 85.1 cm³/mol. The summed E-state index contributed by atoms with van der Waals surface area (Å²) in [5.41, 5.74) is 0.930. The molecule has 1 unspecified atom stereocenters. The maximum atomic E-state index is 13.7. The normalized spacial score (nSPS) is 18.0. The first-order valence-corrected chi connectivity index (χ1v) is 7.95. The number of rotatable bonds is 3. The highest BCUT2D eigenvalue weighted by molar-refractivity contribution is 7.13. The van der Waals surface area contributed by atoms with Crippen LogP contribution in [0.4, 0.5) is 10.2 Å². The SMILES string of the molecule is Fc1ccccc1OC1CCN(c2nsc3cccnc23)C1. The Morgan fingerprint density at radius 1 is 1.23 bits per heavy atom. The first kappa shape index (κ1) is 13.5. The molecule has 1 aromatic carbocycles. The van der Waals surface area contributed by atoms with Crippen LogP contribution in [-0.2, 0) is 0 Å². The highest BCUT2D eigenvalue weighted by Gasteiger charge is 2.27. The van der Waals surface area contributed by atoms with Crippen LogP contribution in [0.1, 0.15) is 6.42 Å². The summed E-state index contributed by atoms with van der Waals surface area (Å²) in [6.07, 6.45) is 2.60. The molecule has 0 N–H and O–H groups in total. The van der Waals surface area contributed by atoms with Crippen molar-refractivity contribution in [2.24, 2.45) is 0 Å². The van der Waals surface area contributed by atoms with E-state index in [9.17, 15) is 4.39 Å². The van der Waals surface area contributed by atoms with Crippen LogP contribution in [0.3, 0.4) is 0 Å². The van der Waals surface area contributed by atoms with Gasteiger partial charge < -0.3 is 9.64 Å². The van der Waals surface area contributed by atoms with Crippen molar-refractivity contribution in [2.45, 2.75) is 12.5 Å². The van der Waals surface area contributed by atoms with Crippen LogP contribution in [0.2, 0.25) is 0 Å². The highest BCUT2D eigenvalue weighted by atomic mass is 32.1. The molecule has 0 amide bonds. The van der Waals surface area contributed by atoms with Crippen LogP contribution in [0.5, 0.6) is 5.75 Å². The van der Waals surface area contributed by atoms with Gasteiger partial charge in [-0.1, -0.05) is 12.1 Å². The molecule has 1 atom stereocenters. The largest absolute Gasteiger partial charge is 0.485 e. The Bertz CT molecular complexity index is 807. The van der Waals surface area contributed by atoms with Gasteiger partial charge in [0.2, 0.25) is 0 Å². The van der Waals surface area contributed by atoms with E-state index in [1.807, 2.05) is 12.1 Å². The van der Waals surface area contributed by atoms with E-state index in [0.29, 0.717) is 12.3 Å². The number of fused-ring (bicyclic) bond motifs is 1. The summed E-state index contributed by atoms with van der Waals surface area (Å²) in [7, 11) is 0. The molecule has 4 nitrogen and oxygen atoms in total. The van der Waals surface area contributed by atoms with E-state index in [-0.39, 0.29) is 11.9 Å². The molecule has 1 aliphatic heterocycles. The molecule has 22 heavy (non-hydrogen) atoms. The van der Waals surface area contributed by atoms with Crippen molar-refractivity contribution in [1.29, 1.82) is 0 Å². The predicted octanol–water partition coefficient (Wildman–Crippen LogP) is 3.49. The van der Waals surface area contributed by atoms with Crippen molar-refractivity contribution in [3.63, 3.8) is 0 Å². The maximum Gasteiger partial charge on any atom is 0.169 e. The van der Waals surface area contributed by atoms with Crippen molar-refractivity contribution < 1.29 is 9.13 Å². The van der Waals surface area contributed by atoms with Crippen LogP contribution in [0.15, 0.2) is 42.6 Å². The second-order valence-corrected chi connectivity index (χ2v) is 6.07. The summed E-state index contributed by atoms with van der Waals surface area (Å²) >= 11 is 1.45. The zero-order valence-corrected chi connectivity index (χ0v) is 12.6. The Balaban J connectivity index is 1.52. The van der Waals surface area contributed by atoms with Gasteiger partial charge in [-0.2, -0.15) is 4.37 Å². The third-order valence-electron chi connectivity index (χ3n) is 3.79. The lowest BCUT2D eigenvalue weighted by atomic mass is 10.3. The molecule has 3 aromatic rings. The van der Waals surface area contributed by atoms with Crippen molar-refractivity contribution >= 4 is 27.6 Å². The summed E-state index contributed by atoms with van der Waals surface area (Å²) in [6.45, 7) is 1.54. The molecular weight excluding hydrogens is 301 g/mol. The number of benzene rings is 1. The molecule has 1 saturated heterocycles. The number of hydrogen-bond donors (Lipinski definition) is 0. The molecule has 6 heteroatoms.